The second kappa shape index (κ2) is 7.95. The first-order valence-corrected chi connectivity index (χ1v) is 11.4. The first kappa shape index (κ1) is 22.9. The van der Waals surface area contributed by atoms with Gasteiger partial charge in [-0.05, 0) is 30.0 Å². The minimum absolute atomic E-state index is 0.283. The molecule has 0 amide bonds. The third-order valence-corrected chi connectivity index (χ3v) is 6.71. The zero-order valence-corrected chi connectivity index (χ0v) is 19.2. The lowest BCUT2D eigenvalue weighted by Gasteiger charge is -2.11. The van der Waals surface area contributed by atoms with Crippen LogP contribution in [0.15, 0.2) is 40.3 Å². The maximum atomic E-state index is 13.4. The molecule has 11 heteroatoms. The summed E-state index contributed by atoms with van der Waals surface area (Å²) in [5, 5.41) is -2.51. The molecule has 0 saturated heterocycles. The summed E-state index contributed by atoms with van der Waals surface area (Å²) in [6.45, 7) is 2.76. The summed E-state index contributed by atoms with van der Waals surface area (Å²) in [6.07, 6.45) is -3.10. The Hall–Kier alpha value is -2.27. The van der Waals surface area contributed by atoms with E-state index in [2.05, 4.69) is 9.97 Å². The number of hydrogen-bond acceptors (Lipinski definition) is 4. The van der Waals surface area contributed by atoms with Gasteiger partial charge in [-0.25, -0.2) is 9.97 Å². The molecular formula is C21H19F5N4S2. The molecule has 3 heterocycles. The highest BCUT2D eigenvalue weighted by Gasteiger charge is 2.34. The summed E-state index contributed by atoms with van der Waals surface area (Å²) in [5.74, 6) is 1.22. The molecule has 0 saturated carbocycles. The molecule has 0 radical (unpaired) electrons. The number of thioether (sulfide) groups is 2. The summed E-state index contributed by atoms with van der Waals surface area (Å²) in [6, 6.07) is 6.10. The number of rotatable bonds is 5. The van der Waals surface area contributed by atoms with Gasteiger partial charge in [0.15, 0.2) is 5.65 Å². The molecule has 0 fully saturated rings. The van der Waals surface area contributed by atoms with Gasteiger partial charge in [0.2, 0.25) is 0 Å². The third-order valence-electron chi connectivity index (χ3n) is 4.96. The summed E-state index contributed by atoms with van der Waals surface area (Å²) >= 11 is 1.88. The van der Waals surface area contributed by atoms with E-state index in [9.17, 15) is 22.0 Å². The third kappa shape index (κ3) is 4.19. The number of pyridine rings is 1. The lowest BCUT2D eigenvalue weighted by Crippen LogP contribution is -2.10. The number of benzene rings is 1. The van der Waals surface area contributed by atoms with Crippen LogP contribution in [0.1, 0.15) is 19.5 Å². The number of nitrogens with zero attached hydrogens (tertiary/aromatic N) is 4. The van der Waals surface area contributed by atoms with Crippen molar-refractivity contribution in [3.05, 3.63) is 36.2 Å². The van der Waals surface area contributed by atoms with Gasteiger partial charge < -0.3 is 9.13 Å². The van der Waals surface area contributed by atoms with Crippen LogP contribution in [0.3, 0.4) is 0 Å². The van der Waals surface area contributed by atoms with E-state index >= 15 is 0 Å². The van der Waals surface area contributed by atoms with Crippen molar-refractivity contribution in [2.24, 2.45) is 14.1 Å². The van der Waals surface area contributed by atoms with E-state index in [1.807, 2.05) is 6.92 Å². The van der Waals surface area contributed by atoms with Crippen LogP contribution < -0.4 is 0 Å². The molecule has 0 aliphatic rings. The molecular weight excluding hydrogens is 467 g/mol. The molecule has 170 valence electrons. The van der Waals surface area contributed by atoms with Crippen molar-refractivity contribution >= 4 is 45.6 Å². The van der Waals surface area contributed by atoms with E-state index < -0.39 is 17.1 Å². The Morgan fingerprint density at radius 2 is 1.72 bits per heavy atom. The maximum absolute atomic E-state index is 13.4. The van der Waals surface area contributed by atoms with Crippen LogP contribution >= 0.6 is 23.5 Å². The average Bonchev–Trinajstić information content (AvgIpc) is 3.17. The summed E-state index contributed by atoms with van der Waals surface area (Å²) in [5.41, 5.74) is 1.34. The number of alkyl halides is 5. The second-order valence-electron chi connectivity index (χ2n) is 7.34. The fourth-order valence-corrected chi connectivity index (χ4v) is 5.15. The van der Waals surface area contributed by atoms with Crippen LogP contribution in [-0.2, 0) is 20.3 Å². The fourth-order valence-electron chi connectivity index (χ4n) is 3.65. The predicted molar refractivity (Wildman–Crippen MR) is 118 cm³/mol. The molecule has 4 nitrogen and oxygen atoms in total. The zero-order chi connectivity index (χ0) is 23.4. The Labute approximate surface area is 189 Å². The molecule has 4 rings (SSSR count). The molecule has 0 spiro atoms. The van der Waals surface area contributed by atoms with Crippen LogP contribution in [0.5, 0.6) is 0 Å². The van der Waals surface area contributed by atoms with Crippen LogP contribution in [-0.4, -0.2) is 30.1 Å². The van der Waals surface area contributed by atoms with Gasteiger partial charge in [-0.3, -0.25) is 0 Å². The lowest BCUT2D eigenvalue weighted by atomic mass is 10.1. The van der Waals surface area contributed by atoms with Crippen molar-refractivity contribution < 1.29 is 22.0 Å². The van der Waals surface area contributed by atoms with Gasteiger partial charge >= 0.3 is 6.18 Å². The molecule has 0 bridgehead atoms. The number of fused-ring (bicyclic) bond motifs is 2. The molecule has 0 aliphatic carbocycles. The summed E-state index contributed by atoms with van der Waals surface area (Å²) < 4.78 is 69.9. The highest BCUT2D eigenvalue weighted by Crippen LogP contribution is 2.40. The van der Waals surface area contributed by atoms with E-state index in [0.29, 0.717) is 51.0 Å². The average molecular weight is 487 g/mol. The summed E-state index contributed by atoms with van der Waals surface area (Å²) in [4.78, 5) is 9.95. The molecule has 3 aromatic heterocycles. The lowest BCUT2D eigenvalue weighted by molar-refractivity contribution is -0.142. The second-order valence-corrected chi connectivity index (χ2v) is 10.0. The molecule has 32 heavy (non-hydrogen) atoms. The molecule has 1 aromatic carbocycles. The van der Waals surface area contributed by atoms with Gasteiger partial charge in [0, 0.05) is 53.5 Å². The number of imidazole rings is 1. The highest BCUT2D eigenvalue weighted by molar-refractivity contribution is 8.00. The number of aromatic nitrogens is 4. The number of aryl methyl sites for hydroxylation is 2. The Morgan fingerprint density at radius 3 is 2.34 bits per heavy atom. The molecule has 0 N–H and O–H groups in total. The quantitative estimate of drug-likeness (QED) is 0.226. The Kier molecular flexibility index (Phi) is 5.69. The van der Waals surface area contributed by atoms with Gasteiger partial charge in [0.25, 0.3) is 5.25 Å². The minimum Gasteiger partial charge on any atom is -0.340 e. The van der Waals surface area contributed by atoms with Crippen molar-refractivity contribution in [1.29, 1.82) is 0 Å². The van der Waals surface area contributed by atoms with Gasteiger partial charge in [-0.2, -0.15) is 22.0 Å². The molecule has 4 aromatic rings. The smallest absolute Gasteiger partial charge is 0.340 e. The maximum Gasteiger partial charge on any atom is 0.431 e. The van der Waals surface area contributed by atoms with Crippen molar-refractivity contribution in [1.82, 2.24) is 19.1 Å². The SMILES string of the molecule is CCSc1cc2c(cc1-c1nc3cc(SC(C)(F)F)cnc3n1C)cc(C(F)(F)F)n2C. The first-order valence-electron chi connectivity index (χ1n) is 9.62. The molecule has 0 unspecified atom stereocenters. The van der Waals surface area contributed by atoms with E-state index in [-0.39, 0.29) is 4.90 Å². The van der Waals surface area contributed by atoms with Crippen molar-refractivity contribution in [3.63, 3.8) is 0 Å². The standard InChI is InChI=1S/C21H19F5N4S2/c1-5-31-16-9-15-11(7-17(29(15)3)21(24,25)26)6-13(16)18-28-14-8-12(32-20(2,22)23)10-27-19(14)30(18)4/h6-10H,5H2,1-4H3. The van der Waals surface area contributed by atoms with Crippen molar-refractivity contribution in [2.75, 3.05) is 5.75 Å². The largest absolute Gasteiger partial charge is 0.431 e. The van der Waals surface area contributed by atoms with Crippen molar-refractivity contribution in [2.45, 2.75) is 35.1 Å². The van der Waals surface area contributed by atoms with Crippen molar-refractivity contribution in [3.8, 4) is 11.4 Å². The predicted octanol–water partition coefficient (Wildman–Crippen LogP) is 6.96. The van der Waals surface area contributed by atoms with Crippen LogP contribution in [0, 0.1) is 0 Å². The Morgan fingerprint density at radius 1 is 1.00 bits per heavy atom. The minimum atomic E-state index is -4.47. The van der Waals surface area contributed by atoms with E-state index in [0.717, 1.165) is 22.5 Å². The summed E-state index contributed by atoms with van der Waals surface area (Å²) in [7, 11) is 3.14. The zero-order valence-electron chi connectivity index (χ0n) is 17.6. The van der Waals surface area contributed by atoms with E-state index in [1.165, 1.54) is 25.0 Å². The van der Waals surface area contributed by atoms with Gasteiger partial charge in [-0.15, -0.1) is 11.8 Å². The topological polar surface area (TPSA) is 35.6 Å². The first-order chi connectivity index (χ1) is 14.9. The van der Waals surface area contributed by atoms with E-state index in [1.54, 1.807) is 29.8 Å². The van der Waals surface area contributed by atoms with Crippen LogP contribution in [0.25, 0.3) is 33.5 Å². The van der Waals surface area contributed by atoms with Crippen LogP contribution in [0.4, 0.5) is 22.0 Å². The number of halogens is 5. The number of hydrogen-bond donors (Lipinski definition) is 0. The Balaban J connectivity index is 1.91. The van der Waals surface area contributed by atoms with Gasteiger partial charge in [0.05, 0.1) is 0 Å². The molecule has 0 aliphatic heterocycles. The normalized spacial score (nSPS) is 12.9. The monoisotopic (exact) mass is 486 g/mol. The van der Waals surface area contributed by atoms with Gasteiger partial charge in [-0.1, -0.05) is 18.7 Å². The van der Waals surface area contributed by atoms with E-state index in [4.69, 9.17) is 0 Å². The van der Waals surface area contributed by atoms with Gasteiger partial charge in [0.1, 0.15) is 17.0 Å². The van der Waals surface area contributed by atoms with Crippen LogP contribution in [0.2, 0.25) is 0 Å². The fraction of sp³-hybridized carbons (Fsp3) is 0.333. The molecule has 0 atom stereocenters. The highest BCUT2D eigenvalue weighted by atomic mass is 32.2. The Bertz CT molecular complexity index is 1320.